The lowest BCUT2D eigenvalue weighted by Crippen LogP contribution is -2.49. The Balaban J connectivity index is 0.944. The molecule has 0 fully saturated rings. The molecule has 6 aromatic carbocycles. The van der Waals surface area contributed by atoms with Crippen molar-refractivity contribution < 1.29 is 73.5 Å². The predicted octanol–water partition coefficient (Wildman–Crippen LogP) is 9.41. The van der Waals surface area contributed by atoms with Crippen molar-refractivity contribution in [2.75, 3.05) is 105 Å². The highest BCUT2D eigenvalue weighted by molar-refractivity contribution is 8.77. The average molecular weight is 1340 g/mol. The summed E-state index contributed by atoms with van der Waals surface area (Å²) in [4.78, 5) is 47.9. The van der Waals surface area contributed by atoms with Crippen LogP contribution in [0.4, 0.5) is 28.4 Å². The number of carbonyl (C=O) groups excluding carboxylic acids is 3. The van der Waals surface area contributed by atoms with Crippen LogP contribution >= 0.6 is 21.6 Å². The van der Waals surface area contributed by atoms with Gasteiger partial charge in [0.2, 0.25) is 5.91 Å². The number of hydrogen-bond donors (Lipinski definition) is 5. The summed E-state index contributed by atoms with van der Waals surface area (Å²) in [7, 11) is -2.18. The third-order valence-electron chi connectivity index (χ3n) is 16.5. The van der Waals surface area contributed by atoms with E-state index in [2.05, 4.69) is 20.9 Å². The maximum Gasteiger partial charge on any atom is 0.288 e. The molecule has 4 heterocycles. The van der Waals surface area contributed by atoms with Crippen LogP contribution in [0.25, 0.3) is 0 Å². The van der Waals surface area contributed by atoms with Crippen molar-refractivity contribution >= 4 is 88.0 Å². The van der Waals surface area contributed by atoms with E-state index < -0.39 is 59.0 Å². The summed E-state index contributed by atoms with van der Waals surface area (Å²) in [6.45, 7) is 10.5. The van der Waals surface area contributed by atoms with Crippen LogP contribution in [0.5, 0.6) is 23.0 Å². The first-order valence-electron chi connectivity index (χ1n) is 30.1. The number of anilines is 5. The molecule has 0 aromatic heterocycles. The molecule has 0 saturated heterocycles. The second kappa shape index (κ2) is 28.9. The molecule has 0 radical (unpaired) electrons. The van der Waals surface area contributed by atoms with Gasteiger partial charge < -0.3 is 63.8 Å². The minimum atomic E-state index is -4.79. The third kappa shape index (κ3) is 15.7. The van der Waals surface area contributed by atoms with Gasteiger partial charge in [0, 0.05) is 66.4 Å². The fourth-order valence-corrected chi connectivity index (χ4v) is 16.4. The smallest absolute Gasteiger partial charge is 0.288 e. The third-order valence-corrected chi connectivity index (χ3v) is 22.0. The molecule has 492 valence electrons. The number of carbonyl (C=O) groups is 3. The van der Waals surface area contributed by atoms with E-state index in [4.69, 9.17) is 33.2 Å². The number of para-hydroxylation sites is 2. The van der Waals surface area contributed by atoms with Gasteiger partial charge in [-0.1, -0.05) is 88.3 Å². The number of amides is 3. The molecule has 26 heteroatoms. The van der Waals surface area contributed by atoms with E-state index in [9.17, 15) is 40.3 Å². The summed E-state index contributed by atoms with van der Waals surface area (Å²) in [5.41, 5.74) is 6.42. The minimum absolute atomic E-state index is 0.000259. The van der Waals surface area contributed by atoms with E-state index in [1.165, 1.54) is 52.8 Å². The number of methoxy groups -OCH3 is 3. The largest absolute Gasteiger partial charge is 0.493 e. The number of nitrogens with one attached hydrogen (secondary N) is 3. The normalized spacial score (nSPS) is 17.1. The van der Waals surface area contributed by atoms with Crippen LogP contribution in [0.1, 0.15) is 82.6 Å². The summed E-state index contributed by atoms with van der Waals surface area (Å²) in [6.07, 6.45) is 0.718. The van der Waals surface area contributed by atoms with Gasteiger partial charge in [-0.05, 0) is 117 Å². The zero-order valence-corrected chi connectivity index (χ0v) is 55.6. The molecule has 5 N–H and O–H groups in total. The zero-order chi connectivity index (χ0) is 65.5. The Labute approximate surface area is 545 Å². The topological polar surface area (TPSA) is 270 Å². The molecule has 4 atom stereocenters. The van der Waals surface area contributed by atoms with Gasteiger partial charge in [0.15, 0.2) is 33.6 Å². The van der Waals surface area contributed by atoms with E-state index >= 15 is 0 Å². The maximum absolute atomic E-state index is 14.5. The van der Waals surface area contributed by atoms with Crippen LogP contribution in [0.3, 0.4) is 0 Å². The van der Waals surface area contributed by atoms with Crippen LogP contribution in [0.15, 0.2) is 121 Å². The minimum Gasteiger partial charge on any atom is -0.493 e. The number of benzene rings is 6. The molecule has 92 heavy (non-hydrogen) atoms. The van der Waals surface area contributed by atoms with Crippen LogP contribution < -0.4 is 49.6 Å². The second-order valence-corrected chi connectivity index (χ2v) is 30.2. The summed E-state index contributed by atoms with van der Waals surface area (Å²) in [5, 5.41) is 5.98. The van der Waals surface area contributed by atoms with Gasteiger partial charge in [-0.15, -0.1) is 0 Å². The molecule has 0 spiro atoms. The molecule has 4 aliphatic heterocycles. The Bertz CT molecular complexity index is 3900. The van der Waals surface area contributed by atoms with Gasteiger partial charge in [0.25, 0.3) is 32.1 Å². The quantitative estimate of drug-likeness (QED) is 0.0160. The number of ether oxygens (including phenoxy) is 7. The Morgan fingerprint density at radius 1 is 0.696 bits per heavy atom. The molecular formula is C66H78N6O16S4. The van der Waals surface area contributed by atoms with E-state index in [0.717, 1.165) is 28.1 Å². The number of hydrogen-bond acceptors (Lipinski definition) is 19. The molecule has 0 aliphatic carbocycles. The van der Waals surface area contributed by atoms with Crippen LogP contribution in [0, 0.1) is 0 Å². The molecule has 6 aromatic rings. The Morgan fingerprint density at radius 3 is 1.88 bits per heavy atom. The van der Waals surface area contributed by atoms with Crippen molar-refractivity contribution in [3.8, 4) is 23.0 Å². The number of nitrogens with zero attached hydrogens (tertiary/aromatic N) is 3. The fourth-order valence-electron chi connectivity index (χ4n) is 12.0. The molecule has 3 amide bonds. The van der Waals surface area contributed by atoms with Gasteiger partial charge in [-0.25, -0.2) is 0 Å². The predicted molar refractivity (Wildman–Crippen MR) is 357 cm³/mol. The van der Waals surface area contributed by atoms with Gasteiger partial charge in [0.05, 0.1) is 87.4 Å². The van der Waals surface area contributed by atoms with Gasteiger partial charge in [0.1, 0.15) is 13.2 Å². The highest BCUT2D eigenvalue weighted by Crippen LogP contribution is 2.45. The van der Waals surface area contributed by atoms with Crippen LogP contribution in [-0.4, -0.2) is 151 Å². The highest BCUT2D eigenvalue weighted by Gasteiger charge is 2.48. The first-order valence-corrected chi connectivity index (χ1v) is 35.5. The van der Waals surface area contributed by atoms with Crippen molar-refractivity contribution in [1.82, 2.24) is 5.32 Å². The molecule has 10 rings (SSSR count). The second-order valence-electron chi connectivity index (χ2n) is 24.0. The van der Waals surface area contributed by atoms with Crippen LogP contribution in [0.2, 0.25) is 0 Å². The Hall–Kier alpha value is -7.27. The van der Waals surface area contributed by atoms with E-state index in [1.54, 1.807) is 51.3 Å². The van der Waals surface area contributed by atoms with Gasteiger partial charge in [-0.3, -0.25) is 23.5 Å². The van der Waals surface area contributed by atoms with Gasteiger partial charge >= 0.3 is 0 Å². The summed E-state index contributed by atoms with van der Waals surface area (Å²) in [5.74, 6) is -0.208. The van der Waals surface area contributed by atoms with E-state index in [0.29, 0.717) is 92.0 Å². The van der Waals surface area contributed by atoms with Gasteiger partial charge in [-0.2, -0.15) is 16.8 Å². The fraction of sp³-hybridized carbons (Fsp3) is 0.409. The molecule has 0 saturated carbocycles. The van der Waals surface area contributed by atoms with Crippen molar-refractivity contribution in [3.05, 3.63) is 160 Å². The SMILES string of the molecule is COCCOCCOCCN(CC(C)(C)SSCCC(C(=O)NC(C)(C)c1ccccc1)S(=O)(=O)O)c1cc(COc2cc3c(cc2OC)C(=O)N2c4ccccc4C[C@H]2CN3)cc(COc2cc3c(cc2OC)C(=O)N2c4ccccc4C[C@H]2[C@@H](S(=O)(=O)O)N3)c1. The lowest BCUT2D eigenvalue weighted by molar-refractivity contribution is -0.122. The maximum atomic E-state index is 14.5. The van der Waals surface area contributed by atoms with E-state index in [-0.39, 0.29) is 73.1 Å². The molecule has 0 bridgehead atoms. The summed E-state index contributed by atoms with van der Waals surface area (Å²) in [6, 6.07) is 35.4. The molecule has 1 unspecified atom stereocenters. The van der Waals surface area contributed by atoms with E-state index in [1.807, 2.05) is 97.6 Å². The lowest BCUT2D eigenvalue weighted by Gasteiger charge is -2.34. The number of fused-ring (bicyclic) bond motifs is 8. The molecule has 4 aliphatic rings. The molecular weight excluding hydrogens is 1260 g/mol. The average Bonchev–Trinajstić information content (AvgIpc) is 1.59. The standard InChI is InChI=1S/C66H78N6O16S4/c1-65(2,90-89-28-21-60(91(76,77)78)61(73)69-66(3,4)46-17-9-8-10-18-46)41-70(22-23-85-26-27-86-25-24-82-5)47-30-42(39-87-58-36-51-49(34-56(58)83-6)63(74)71-48(38-67-51)32-44-15-11-13-19-53(44)71)29-43(31-47)40-88-59-37-52-50(35-57(59)84-7)64(75)72-54-20-14-12-16-45(54)33-55(72)62(68-52)92(79,80)81/h8-20,29-31,34-37,48,55,60,62,67-68H,21-28,32-33,38-41H2,1-7H3,(H,69,73)(H,76,77,78)(H,79,80,81)/t48-,55-,60?,62+/m0/s1. The molecule has 22 nitrogen and oxygen atoms in total. The summed E-state index contributed by atoms with van der Waals surface area (Å²) >= 11 is 0. The van der Waals surface area contributed by atoms with Crippen LogP contribution in [-0.2, 0) is 70.8 Å². The monoisotopic (exact) mass is 1340 g/mol. The Morgan fingerprint density at radius 2 is 1.26 bits per heavy atom. The number of rotatable bonds is 30. The Kier molecular flexibility index (Phi) is 21.3. The van der Waals surface area contributed by atoms with Crippen molar-refractivity contribution in [2.45, 2.75) is 93.2 Å². The van der Waals surface area contributed by atoms with Crippen molar-refractivity contribution in [1.29, 1.82) is 0 Å². The van der Waals surface area contributed by atoms with Crippen molar-refractivity contribution in [3.63, 3.8) is 0 Å². The zero-order valence-electron chi connectivity index (χ0n) is 52.3. The summed E-state index contributed by atoms with van der Waals surface area (Å²) < 4.78 is 114. The first kappa shape index (κ1) is 67.6. The first-order chi connectivity index (χ1) is 44.0. The lowest BCUT2D eigenvalue weighted by atomic mass is 9.94. The highest BCUT2D eigenvalue weighted by atomic mass is 33.1. The van der Waals surface area contributed by atoms with Crippen molar-refractivity contribution in [2.24, 2.45) is 0 Å².